The van der Waals surface area contributed by atoms with Crippen molar-refractivity contribution < 1.29 is 14.3 Å². The fourth-order valence-corrected chi connectivity index (χ4v) is 4.03. The number of benzene rings is 2. The Morgan fingerprint density at radius 2 is 1.88 bits per heavy atom. The minimum Gasteiger partial charge on any atom is -0.460 e. The molecule has 7 nitrogen and oxygen atoms in total. The number of rotatable bonds is 10. The van der Waals surface area contributed by atoms with E-state index in [-0.39, 0.29) is 5.91 Å². The van der Waals surface area contributed by atoms with Crippen LogP contribution in [-0.4, -0.2) is 40.5 Å². The van der Waals surface area contributed by atoms with Crippen LogP contribution >= 0.6 is 11.3 Å². The van der Waals surface area contributed by atoms with Gasteiger partial charge in [-0.1, -0.05) is 30.3 Å². The van der Waals surface area contributed by atoms with Gasteiger partial charge < -0.3 is 14.8 Å². The molecule has 0 radical (unpaired) electrons. The molecule has 0 fully saturated rings. The van der Waals surface area contributed by atoms with Crippen molar-refractivity contribution in [2.45, 2.75) is 20.3 Å². The van der Waals surface area contributed by atoms with Gasteiger partial charge in [0.05, 0.1) is 18.7 Å². The molecule has 0 bridgehead atoms. The highest BCUT2D eigenvalue weighted by Gasteiger charge is 2.16. The van der Waals surface area contributed by atoms with Gasteiger partial charge in [-0.2, -0.15) is 4.98 Å². The Labute approximate surface area is 197 Å². The first-order valence-electron chi connectivity index (χ1n) is 10.8. The second-order valence-corrected chi connectivity index (χ2v) is 8.37. The lowest BCUT2D eigenvalue weighted by Gasteiger charge is -2.09. The molecule has 4 rings (SSSR count). The van der Waals surface area contributed by atoms with Gasteiger partial charge in [0.15, 0.2) is 5.82 Å². The second kappa shape index (κ2) is 10.9. The molecule has 170 valence electrons. The summed E-state index contributed by atoms with van der Waals surface area (Å²) in [6.07, 6.45) is 0.363. The Balaban J connectivity index is 1.55. The fraction of sp³-hybridized carbons (Fsp3) is 0.240. The molecule has 0 spiro atoms. The quantitative estimate of drug-likeness (QED) is 0.339. The molecule has 2 heterocycles. The predicted molar refractivity (Wildman–Crippen MR) is 130 cm³/mol. The van der Waals surface area contributed by atoms with Crippen LogP contribution in [0.1, 0.15) is 17.4 Å². The number of ether oxygens (including phenoxy) is 2. The molecule has 2 aromatic carbocycles. The van der Waals surface area contributed by atoms with Crippen LogP contribution in [0.15, 0.2) is 66.0 Å². The first-order chi connectivity index (χ1) is 16.1. The van der Waals surface area contributed by atoms with E-state index in [1.165, 1.54) is 0 Å². The van der Waals surface area contributed by atoms with E-state index >= 15 is 0 Å². The van der Waals surface area contributed by atoms with Crippen LogP contribution in [0.5, 0.6) is 6.01 Å². The first-order valence-corrected chi connectivity index (χ1v) is 11.7. The number of hydrogen-bond donors (Lipinski definition) is 1. The van der Waals surface area contributed by atoms with Gasteiger partial charge in [0, 0.05) is 22.7 Å². The number of carbonyl (C=O) groups is 1. The Morgan fingerprint density at radius 1 is 1.06 bits per heavy atom. The van der Waals surface area contributed by atoms with E-state index in [1.807, 2.05) is 79.9 Å². The topological polar surface area (TPSA) is 78.3 Å². The zero-order chi connectivity index (χ0) is 23.0. The number of nitrogens with one attached hydrogen (secondary N) is 1. The van der Waals surface area contributed by atoms with Crippen LogP contribution < -0.4 is 10.1 Å². The van der Waals surface area contributed by atoms with Crippen LogP contribution in [0, 0.1) is 6.92 Å². The molecule has 0 aliphatic carbocycles. The number of nitrogens with zero attached hydrogens (tertiary/aromatic N) is 3. The number of hydrogen-bond acceptors (Lipinski definition) is 6. The summed E-state index contributed by atoms with van der Waals surface area (Å²) >= 11 is 1.57. The molecule has 2 aromatic heterocycles. The molecule has 0 aliphatic rings. The third-order valence-corrected chi connectivity index (χ3v) is 5.82. The number of carbonyl (C=O) groups excluding carboxylic acids is 1. The second-order valence-electron chi connectivity index (χ2n) is 7.34. The smallest absolute Gasteiger partial charge is 0.336 e. The number of thiophene rings is 1. The van der Waals surface area contributed by atoms with Crippen LogP contribution in [0.3, 0.4) is 0 Å². The van der Waals surface area contributed by atoms with Gasteiger partial charge in [-0.25, -0.2) is 4.68 Å². The van der Waals surface area contributed by atoms with Crippen molar-refractivity contribution in [2.24, 2.45) is 0 Å². The Bertz CT molecular complexity index is 1190. The van der Waals surface area contributed by atoms with Gasteiger partial charge in [0.1, 0.15) is 6.61 Å². The van der Waals surface area contributed by atoms with Crippen molar-refractivity contribution in [1.29, 1.82) is 0 Å². The Kier molecular flexibility index (Phi) is 7.49. The average Bonchev–Trinajstić information content (AvgIpc) is 3.48. The zero-order valence-electron chi connectivity index (χ0n) is 18.7. The van der Waals surface area contributed by atoms with E-state index in [1.54, 1.807) is 16.0 Å². The zero-order valence-corrected chi connectivity index (χ0v) is 19.5. The highest BCUT2D eigenvalue weighted by molar-refractivity contribution is 7.10. The third-order valence-electron chi connectivity index (χ3n) is 4.95. The fourth-order valence-electron chi connectivity index (χ4n) is 3.33. The van der Waals surface area contributed by atoms with E-state index in [0.717, 1.165) is 27.4 Å². The van der Waals surface area contributed by atoms with Crippen molar-refractivity contribution in [2.75, 3.05) is 25.1 Å². The van der Waals surface area contributed by atoms with Crippen LogP contribution in [0.2, 0.25) is 0 Å². The molecule has 0 saturated carbocycles. The van der Waals surface area contributed by atoms with Gasteiger partial charge in [0.2, 0.25) is 5.91 Å². The molecule has 8 heteroatoms. The van der Waals surface area contributed by atoms with E-state index in [0.29, 0.717) is 38.1 Å². The summed E-state index contributed by atoms with van der Waals surface area (Å²) in [5.74, 6) is 0.644. The summed E-state index contributed by atoms with van der Waals surface area (Å²) in [7, 11) is 0. The summed E-state index contributed by atoms with van der Waals surface area (Å²) < 4.78 is 12.8. The molecule has 0 saturated heterocycles. The van der Waals surface area contributed by atoms with Crippen molar-refractivity contribution in [3.63, 3.8) is 0 Å². The standard InChI is InChI=1S/C25H26N4O3S/c1-3-31-14-15-32-25-27-24(22-9-5-4-7-18(22)2)29(28-25)20-12-10-19(11-13-20)26-23(30)17-21-8-6-16-33-21/h4-13,16H,3,14-15,17H2,1-2H3,(H,26,30). The number of aromatic nitrogens is 3. The van der Waals surface area contributed by atoms with E-state index in [9.17, 15) is 4.79 Å². The minimum atomic E-state index is -0.0449. The molecule has 4 aromatic rings. The summed E-state index contributed by atoms with van der Waals surface area (Å²) in [6, 6.07) is 19.7. The molecule has 0 aliphatic heterocycles. The molecule has 33 heavy (non-hydrogen) atoms. The monoisotopic (exact) mass is 462 g/mol. The average molecular weight is 463 g/mol. The summed E-state index contributed by atoms with van der Waals surface area (Å²) in [4.78, 5) is 18.0. The maximum Gasteiger partial charge on any atom is 0.336 e. The highest BCUT2D eigenvalue weighted by Crippen LogP contribution is 2.27. The summed E-state index contributed by atoms with van der Waals surface area (Å²) in [6.45, 7) is 5.47. The molecule has 1 N–H and O–H groups in total. The summed E-state index contributed by atoms with van der Waals surface area (Å²) in [5.41, 5.74) is 3.60. The third kappa shape index (κ3) is 5.85. The minimum absolute atomic E-state index is 0.0449. The van der Waals surface area contributed by atoms with Crippen molar-refractivity contribution in [3.8, 4) is 23.1 Å². The molecular weight excluding hydrogens is 436 g/mol. The van der Waals surface area contributed by atoms with Gasteiger partial charge in [-0.15, -0.1) is 16.4 Å². The normalized spacial score (nSPS) is 10.8. The van der Waals surface area contributed by atoms with E-state index in [2.05, 4.69) is 15.4 Å². The van der Waals surface area contributed by atoms with Gasteiger partial charge >= 0.3 is 6.01 Å². The maximum atomic E-state index is 12.3. The van der Waals surface area contributed by atoms with Crippen LogP contribution in [0.25, 0.3) is 17.1 Å². The SMILES string of the molecule is CCOCCOc1nc(-c2ccccc2C)n(-c2ccc(NC(=O)Cc3cccs3)cc2)n1. The lowest BCUT2D eigenvalue weighted by Crippen LogP contribution is -2.13. The maximum absolute atomic E-state index is 12.3. The van der Waals surface area contributed by atoms with Crippen molar-refractivity contribution in [1.82, 2.24) is 14.8 Å². The molecule has 1 amide bonds. The number of aryl methyl sites for hydroxylation is 1. The van der Waals surface area contributed by atoms with Crippen molar-refractivity contribution >= 4 is 22.9 Å². The predicted octanol–water partition coefficient (Wildman–Crippen LogP) is 4.90. The lowest BCUT2D eigenvalue weighted by atomic mass is 10.1. The molecule has 0 atom stereocenters. The number of amides is 1. The van der Waals surface area contributed by atoms with Crippen LogP contribution in [-0.2, 0) is 16.0 Å². The van der Waals surface area contributed by atoms with E-state index < -0.39 is 0 Å². The molecular formula is C25H26N4O3S. The highest BCUT2D eigenvalue weighted by atomic mass is 32.1. The van der Waals surface area contributed by atoms with Crippen LogP contribution in [0.4, 0.5) is 5.69 Å². The van der Waals surface area contributed by atoms with E-state index in [4.69, 9.17) is 9.47 Å². The Morgan fingerprint density at radius 3 is 2.61 bits per heavy atom. The van der Waals surface area contributed by atoms with Crippen molar-refractivity contribution in [3.05, 3.63) is 76.5 Å². The van der Waals surface area contributed by atoms with Gasteiger partial charge in [0.25, 0.3) is 0 Å². The van der Waals surface area contributed by atoms with Gasteiger partial charge in [-0.3, -0.25) is 4.79 Å². The largest absolute Gasteiger partial charge is 0.460 e. The molecule has 0 unspecified atom stereocenters. The summed E-state index contributed by atoms with van der Waals surface area (Å²) in [5, 5.41) is 9.49. The Hall–Kier alpha value is -3.49. The number of anilines is 1. The van der Waals surface area contributed by atoms with Gasteiger partial charge in [-0.05, 0) is 55.1 Å². The lowest BCUT2D eigenvalue weighted by molar-refractivity contribution is -0.115. The first kappa shape index (κ1) is 22.7.